The summed E-state index contributed by atoms with van der Waals surface area (Å²) in [5, 5.41) is 2.93. The normalized spacial score (nSPS) is 21.5. The van der Waals surface area contributed by atoms with E-state index in [0.717, 1.165) is 12.8 Å². The number of hydrogen-bond acceptors (Lipinski definition) is 4. The molecule has 116 valence electrons. The maximum atomic E-state index is 12.1. The molecule has 1 aliphatic rings. The van der Waals surface area contributed by atoms with Gasteiger partial charge in [0.25, 0.3) is 0 Å². The molecule has 0 saturated carbocycles. The average molecular weight is 291 g/mol. The second-order valence-electron chi connectivity index (χ2n) is 5.61. The van der Waals surface area contributed by atoms with Crippen LogP contribution in [-0.4, -0.2) is 32.2 Å². The van der Waals surface area contributed by atoms with Crippen molar-refractivity contribution >= 4 is 5.91 Å². The van der Waals surface area contributed by atoms with Crippen LogP contribution in [0.2, 0.25) is 0 Å². The third-order valence-electron chi connectivity index (χ3n) is 3.98. The molecule has 1 heterocycles. The second kappa shape index (κ2) is 7.54. The van der Waals surface area contributed by atoms with Crippen LogP contribution < -0.4 is 16.2 Å². The van der Waals surface area contributed by atoms with Crippen molar-refractivity contribution in [1.29, 1.82) is 0 Å². The van der Waals surface area contributed by atoms with Crippen LogP contribution in [0.4, 0.5) is 0 Å². The van der Waals surface area contributed by atoms with E-state index in [1.807, 2.05) is 0 Å². The van der Waals surface area contributed by atoms with Crippen LogP contribution in [0.3, 0.4) is 0 Å². The first-order chi connectivity index (χ1) is 10.1. The third-order valence-corrected chi connectivity index (χ3v) is 3.98. The smallest absolute Gasteiger partial charge is 0.238 e. The first-order valence-electron chi connectivity index (χ1n) is 7.46. The summed E-state index contributed by atoms with van der Waals surface area (Å²) in [5.74, 6) is 0.0462. The van der Waals surface area contributed by atoms with E-state index >= 15 is 0 Å². The average Bonchev–Trinajstić information content (AvgIpc) is 2.96. The SMILES string of the molecule is COCCCNC(=O)C1CC(c2ccc(C)c(C)c2)NN1. The van der Waals surface area contributed by atoms with E-state index in [1.165, 1.54) is 16.7 Å². The van der Waals surface area contributed by atoms with Gasteiger partial charge in [-0.05, 0) is 43.4 Å². The van der Waals surface area contributed by atoms with Crippen molar-refractivity contribution in [1.82, 2.24) is 16.2 Å². The topological polar surface area (TPSA) is 62.4 Å². The molecule has 1 aromatic rings. The first-order valence-corrected chi connectivity index (χ1v) is 7.46. The van der Waals surface area contributed by atoms with Crippen molar-refractivity contribution in [3.05, 3.63) is 34.9 Å². The van der Waals surface area contributed by atoms with Crippen LogP contribution in [0.15, 0.2) is 18.2 Å². The molecule has 0 spiro atoms. The highest BCUT2D eigenvalue weighted by atomic mass is 16.5. The van der Waals surface area contributed by atoms with Gasteiger partial charge in [0, 0.05) is 26.3 Å². The van der Waals surface area contributed by atoms with E-state index in [4.69, 9.17) is 4.74 Å². The Morgan fingerprint density at radius 1 is 1.33 bits per heavy atom. The molecule has 1 aliphatic heterocycles. The Kier molecular flexibility index (Phi) is 5.73. The summed E-state index contributed by atoms with van der Waals surface area (Å²) in [7, 11) is 1.67. The van der Waals surface area contributed by atoms with Gasteiger partial charge in [0.1, 0.15) is 6.04 Å². The van der Waals surface area contributed by atoms with Crippen LogP contribution in [0.1, 0.15) is 35.6 Å². The van der Waals surface area contributed by atoms with Crippen molar-refractivity contribution in [3.8, 4) is 0 Å². The van der Waals surface area contributed by atoms with Gasteiger partial charge < -0.3 is 10.1 Å². The van der Waals surface area contributed by atoms with Gasteiger partial charge in [0.15, 0.2) is 0 Å². The van der Waals surface area contributed by atoms with Gasteiger partial charge in [0.2, 0.25) is 5.91 Å². The monoisotopic (exact) mass is 291 g/mol. The van der Waals surface area contributed by atoms with Crippen molar-refractivity contribution in [2.24, 2.45) is 0 Å². The highest BCUT2D eigenvalue weighted by molar-refractivity contribution is 5.82. The molecule has 5 heteroatoms. The van der Waals surface area contributed by atoms with Gasteiger partial charge in [-0.25, -0.2) is 10.9 Å². The van der Waals surface area contributed by atoms with Gasteiger partial charge in [-0.1, -0.05) is 18.2 Å². The predicted octanol–water partition coefficient (Wildman–Crippen LogP) is 1.36. The maximum absolute atomic E-state index is 12.1. The van der Waals surface area contributed by atoms with E-state index in [0.29, 0.717) is 13.2 Å². The number of carbonyl (C=O) groups is 1. The lowest BCUT2D eigenvalue weighted by atomic mass is 9.98. The zero-order chi connectivity index (χ0) is 15.2. The fraction of sp³-hybridized carbons (Fsp3) is 0.562. The molecule has 2 unspecified atom stereocenters. The summed E-state index contributed by atoms with van der Waals surface area (Å²) in [5.41, 5.74) is 10.1. The fourth-order valence-electron chi connectivity index (χ4n) is 2.48. The Balaban J connectivity index is 1.85. The summed E-state index contributed by atoms with van der Waals surface area (Å²) < 4.78 is 4.97. The minimum Gasteiger partial charge on any atom is -0.385 e. The number of benzene rings is 1. The predicted molar refractivity (Wildman–Crippen MR) is 82.8 cm³/mol. The lowest BCUT2D eigenvalue weighted by Crippen LogP contribution is -2.43. The maximum Gasteiger partial charge on any atom is 0.238 e. The number of aryl methyl sites for hydroxylation is 2. The first kappa shape index (κ1) is 15.9. The van der Waals surface area contributed by atoms with Crippen LogP contribution in [0.5, 0.6) is 0 Å². The highest BCUT2D eigenvalue weighted by Gasteiger charge is 2.29. The summed E-state index contributed by atoms with van der Waals surface area (Å²) in [6, 6.07) is 6.44. The minimum absolute atomic E-state index is 0.0462. The lowest BCUT2D eigenvalue weighted by molar-refractivity contribution is -0.122. The Hall–Kier alpha value is -1.43. The molecule has 0 aromatic heterocycles. The Morgan fingerprint density at radius 2 is 2.14 bits per heavy atom. The van der Waals surface area contributed by atoms with Gasteiger partial charge >= 0.3 is 0 Å². The Morgan fingerprint density at radius 3 is 2.86 bits per heavy atom. The number of ether oxygens (including phenoxy) is 1. The van der Waals surface area contributed by atoms with E-state index in [-0.39, 0.29) is 18.0 Å². The van der Waals surface area contributed by atoms with Crippen LogP contribution in [0, 0.1) is 13.8 Å². The molecule has 1 saturated heterocycles. The van der Waals surface area contributed by atoms with Gasteiger partial charge in [0.05, 0.1) is 0 Å². The molecule has 3 N–H and O–H groups in total. The minimum atomic E-state index is -0.181. The zero-order valence-corrected chi connectivity index (χ0v) is 13.0. The van der Waals surface area contributed by atoms with E-state index in [2.05, 4.69) is 48.2 Å². The van der Waals surface area contributed by atoms with Gasteiger partial charge in [-0.2, -0.15) is 0 Å². The molecule has 1 fully saturated rings. The number of amides is 1. The van der Waals surface area contributed by atoms with E-state index in [1.54, 1.807) is 7.11 Å². The van der Waals surface area contributed by atoms with Gasteiger partial charge in [-0.15, -0.1) is 0 Å². The summed E-state index contributed by atoms with van der Waals surface area (Å²) in [6.07, 6.45) is 1.60. The third kappa shape index (κ3) is 4.27. The molecule has 2 rings (SSSR count). The van der Waals surface area contributed by atoms with Crippen molar-refractivity contribution in [2.75, 3.05) is 20.3 Å². The zero-order valence-electron chi connectivity index (χ0n) is 13.0. The molecule has 2 atom stereocenters. The highest BCUT2D eigenvalue weighted by Crippen LogP contribution is 2.24. The van der Waals surface area contributed by atoms with Crippen molar-refractivity contribution in [3.63, 3.8) is 0 Å². The fourth-order valence-corrected chi connectivity index (χ4v) is 2.48. The van der Waals surface area contributed by atoms with Crippen molar-refractivity contribution < 1.29 is 9.53 Å². The number of nitrogens with one attached hydrogen (secondary N) is 3. The molecule has 21 heavy (non-hydrogen) atoms. The van der Waals surface area contributed by atoms with Crippen molar-refractivity contribution in [2.45, 2.75) is 38.8 Å². The molecule has 0 bridgehead atoms. The van der Waals surface area contributed by atoms with E-state index < -0.39 is 0 Å². The summed E-state index contributed by atoms with van der Waals surface area (Å²) in [4.78, 5) is 12.1. The number of hydrogen-bond donors (Lipinski definition) is 3. The summed E-state index contributed by atoms with van der Waals surface area (Å²) >= 11 is 0. The Bertz CT molecular complexity index is 490. The number of methoxy groups -OCH3 is 1. The lowest BCUT2D eigenvalue weighted by Gasteiger charge is -2.12. The van der Waals surface area contributed by atoms with E-state index in [9.17, 15) is 4.79 Å². The van der Waals surface area contributed by atoms with Crippen LogP contribution >= 0.6 is 0 Å². The summed E-state index contributed by atoms with van der Waals surface area (Å²) in [6.45, 7) is 5.54. The molecule has 0 radical (unpaired) electrons. The van der Waals surface area contributed by atoms with Crippen LogP contribution in [-0.2, 0) is 9.53 Å². The molecular formula is C16H25N3O2. The molecule has 5 nitrogen and oxygen atoms in total. The van der Waals surface area contributed by atoms with Crippen LogP contribution in [0.25, 0.3) is 0 Å². The number of carbonyl (C=O) groups excluding carboxylic acids is 1. The Labute approximate surface area is 126 Å². The van der Waals surface area contributed by atoms with Gasteiger partial charge in [-0.3, -0.25) is 4.79 Å². The number of hydrazine groups is 1. The standard InChI is InChI=1S/C16H25N3O2/c1-11-5-6-13(9-12(11)2)14-10-15(19-18-14)16(20)17-7-4-8-21-3/h5-6,9,14-15,18-19H,4,7-8,10H2,1-3H3,(H,17,20). The molecular weight excluding hydrogens is 266 g/mol. The second-order valence-corrected chi connectivity index (χ2v) is 5.61. The molecule has 1 aromatic carbocycles. The molecule has 1 amide bonds. The molecule has 0 aliphatic carbocycles. The quantitative estimate of drug-likeness (QED) is 0.693. The largest absolute Gasteiger partial charge is 0.385 e. The number of rotatable bonds is 6.